The van der Waals surface area contributed by atoms with Crippen LogP contribution in [0.4, 0.5) is 4.79 Å². The SMILES string of the molecule is CC(C)CC(CO)NC(=O)NCc1ccc(Cn2ccnc2)cc1. The third-order valence-corrected chi connectivity index (χ3v) is 3.71. The fourth-order valence-corrected chi connectivity index (χ4v) is 2.52. The van der Waals surface area contributed by atoms with Crippen LogP contribution in [0.15, 0.2) is 43.0 Å². The first kappa shape index (κ1) is 18.0. The molecule has 3 N–H and O–H groups in total. The highest BCUT2D eigenvalue weighted by atomic mass is 16.3. The summed E-state index contributed by atoms with van der Waals surface area (Å²) >= 11 is 0. The number of carbonyl (C=O) groups is 1. The summed E-state index contributed by atoms with van der Waals surface area (Å²) in [5.41, 5.74) is 2.21. The lowest BCUT2D eigenvalue weighted by Gasteiger charge is -2.18. The van der Waals surface area contributed by atoms with Crippen LogP contribution >= 0.6 is 0 Å². The number of nitrogens with zero attached hydrogens (tertiary/aromatic N) is 2. The molecule has 130 valence electrons. The maximum atomic E-state index is 11.9. The Balaban J connectivity index is 1.78. The average Bonchev–Trinajstić information content (AvgIpc) is 3.06. The molecule has 6 nitrogen and oxygen atoms in total. The zero-order valence-corrected chi connectivity index (χ0v) is 14.3. The first-order valence-corrected chi connectivity index (χ1v) is 8.25. The van der Waals surface area contributed by atoms with Gasteiger partial charge in [0.25, 0.3) is 0 Å². The van der Waals surface area contributed by atoms with Crippen LogP contribution in [0.1, 0.15) is 31.4 Å². The standard InChI is InChI=1S/C18H26N4O2/c1-14(2)9-17(12-23)21-18(24)20-10-15-3-5-16(6-4-15)11-22-8-7-19-13-22/h3-8,13-14,17,23H,9-12H2,1-2H3,(H2,20,21,24). The fourth-order valence-electron chi connectivity index (χ4n) is 2.52. The van der Waals surface area contributed by atoms with E-state index in [1.165, 1.54) is 5.56 Å². The molecule has 0 saturated carbocycles. The van der Waals surface area contributed by atoms with Gasteiger partial charge in [-0.2, -0.15) is 0 Å². The predicted octanol–water partition coefficient (Wildman–Crippen LogP) is 2.14. The third kappa shape index (κ3) is 6.04. The molecule has 1 aromatic heterocycles. The number of aromatic nitrogens is 2. The number of hydrogen-bond donors (Lipinski definition) is 3. The topological polar surface area (TPSA) is 79.2 Å². The maximum Gasteiger partial charge on any atom is 0.315 e. The molecule has 0 aliphatic heterocycles. The van der Waals surface area contributed by atoms with E-state index < -0.39 is 0 Å². The Morgan fingerprint density at radius 2 is 1.96 bits per heavy atom. The number of aliphatic hydroxyl groups is 1. The number of aliphatic hydroxyl groups excluding tert-OH is 1. The highest BCUT2D eigenvalue weighted by Gasteiger charge is 2.12. The summed E-state index contributed by atoms with van der Waals surface area (Å²) in [4.78, 5) is 15.9. The second-order valence-corrected chi connectivity index (χ2v) is 6.39. The van der Waals surface area contributed by atoms with E-state index in [4.69, 9.17) is 0 Å². The lowest BCUT2D eigenvalue weighted by molar-refractivity contribution is 0.206. The minimum Gasteiger partial charge on any atom is -0.394 e. The van der Waals surface area contributed by atoms with E-state index >= 15 is 0 Å². The Bertz CT molecular complexity index is 608. The molecule has 0 aliphatic carbocycles. The van der Waals surface area contributed by atoms with Gasteiger partial charge in [-0.05, 0) is 23.5 Å². The maximum absolute atomic E-state index is 11.9. The first-order valence-electron chi connectivity index (χ1n) is 8.25. The van der Waals surface area contributed by atoms with Gasteiger partial charge >= 0.3 is 6.03 Å². The van der Waals surface area contributed by atoms with Crippen molar-refractivity contribution in [1.29, 1.82) is 0 Å². The molecule has 1 unspecified atom stereocenters. The normalized spacial score (nSPS) is 12.2. The number of rotatable bonds is 8. The van der Waals surface area contributed by atoms with E-state index in [0.29, 0.717) is 12.5 Å². The van der Waals surface area contributed by atoms with E-state index in [9.17, 15) is 9.90 Å². The van der Waals surface area contributed by atoms with Gasteiger partial charge in [0.05, 0.1) is 19.0 Å². The Morgan fingerprint density at radius 1 is 1.25 bits per heavy atom. The number of benzene rings is 1. The average molecular weight is 330 g/mol. The van der Waals surface area contributed by atoms with Gasteiger partial charge in [0, 0.05) is 25.5 Å². The van der Waals surface area contributed by atoms with Gasteiger partial charge in [0.2, 0.25) is 0 Å². The molecule has 0 bridgehead atoms. The Hall–Kier alpha value is -2.34. The second-order valence-electron chi connectivity index (χ2n) is 6.39. The molecule has 2 aromatic rings. The Labute approximate surface area is 142 Å². The zero-order valence-electron chi connectivity index (χ0n) is 14.3. The monoisotopic (exact) mass is 330 g/mol. The highest BCUT2D eigenvalue weighted by molar-refractivity contribution is 5.74. The van der Waals surface area contributed by atoms with E-state index in [1.807, 2.05) is 35.0 Å². The summed E-state index contributed by atoms with van der Waals surface area (Å²) in [6.07, 6.45) is 6.23. The fraction of sp³-hybridized carbons (Fsp3) is 0.444. The minimum atomic E-state index is -0.253. The van der Waals surface area contributed by atoms with Crippen LogP contribution in [-0.4, -0.2) is 33.3 Å². The summed E-state index contributed by atoms with van der Waals surface area (Å²) < 4.78 is 2.00. The van der Waals surface area contributed by atoms with Crippen molar-refractivity contribution in [1.82, 2.24) is 20.2 Å². The van der Waals surface area contributed by atoms with E-state index in [1.54, 1.807) is 12.5 Å². The van der Waals surface area contributed by atoms with Crippen LogP contribution in [-0.2, 0) is 13.1 Å². The minimum absolute atomic E-state index is 0.0471. The molecule has 6 heteroatoms. The largest absolute Gasteiger partial charge is 0.394 e. The van der Waals surface area contributed by atoms with E-state index in [0.717, 1.165) is 18.5 Å². The summed E-state index contributed by atoms with van der Waals surface area (Å²) in [7, 11) is 0. The number of amides is 2. The molecular weight excluding hydrogens is 304 g/mol. The summed E-state index contributed by atoms with van der Waals surface area (Å²) in [5.74, 6) is 0.422. The lowest BCUT2D eigenvalue weighted by Crippen LogP contribution is -2.44. The van der Waals surface area contributed by atoms with Crippen molar-refractivity contribution in [3.63, 3.8) is 0 Å². The van der Waals surface area contributed by atoms with Gasteiger partial charge in [0.15, 0.2) is 0 Å². The van der Waals surface area contributed by atoms with Crippen molar-refractivity contribution in [2.45, 2.75) is 39.4 Å². The van der Waals surface area contributed by atoms with Crippen LogP contribution < -0.4 is 10.6 Å². The summed E-state index contributed by atoms with van der Waals surface area (Å²) in [5, 5.41) is 14.9. The Morgan fingerprint density at radius 3 is 2.54 bits per heavy atom. The number of nitrogens with one attached hydrogen (secondary N) is 2. The quantitative estimate of drug-likeness (QED) is 0.694. The van der Waals surface area contributed by atoms with Crippen molar-refractivity contribution in [3.8, 4) is 0 Å². The lowest BCUT2D eigenvalue weighted by atomic mass is 10.0. The number of urea groups is 1. The molecule has 0 saturated heterocycles. The smallest absolute Gasteiger partial charge is 0.315 e. The third-order valence-electron chi connectivity index (χ3n) is 3.71. The van der Waals surface area contributed by atoms with Crippen molar-refractivity contribution in [3.05, 3.63) is 54.1 Å². The van der Waals surface area contributed by atoms with Gasteiger partial charge in [-0.3, -0.25) is 0 Å². The van der Waals surface area contributed by atoms with Crippen molar-refractivity contribution in [2.75, 3.05) is 6.61 Å². The van der Waals surface area contributed by atoms with Crippen molar-refractivity contribution in [2.24, 2.45) is 5.92 Å². The number of imidazole rings is 1. The molecular formula is C18H26N4O2. The van der Waals surface area contributed by atoms with Crippen LogP contribution in [0.5, 0.6) is 0 Å². The Kier molecular flexibility index (Phi) is 6.81. The molecule has 1 atom stereocenters. The summed E-state index contributed by atoms with van der Waals surface area (Å²) in [6, 6.07) is 7.64. The first-order chi connectivity index (χ1) is 11.6. The number of carbonyl (C=O) groups excluding carboxylic acids is 1. The predicted molar refractivity (Wildman–Crippen MR) is 93.5 cm³/mol. The molecule has 24 heavy (non-hydrogen) atoms. The van der Waals surface area contributed by atoms with Gasteiger partial charge < -0.3 is 20.3 Å². The van der Waals surface area contributed by atoms with Crippen LogP contribution in [0, 0.1) is 5.92 Å². The molecule has 0 aliphatic rings. The molecule has 0 radical (unpaired) electrons. The molecule has 1 aromatic carbocycles. The van der Waals surface area contributed by atoms with Crippen molar-refractivity contribution >= 4 is 6.03 Å². The zero-order chi connectivity index (χ0) is 17.4. The molecule has 2 amide bonds. The van der Waals surface area contributed by atoms with E-state index in [2.05, 4.69) is 29.5 Å². The molecule has 0 fully saturated rings. The second kappa shape index (κ2) is 9.08. The van der Waals surface area contributed by atoms with Gasteiger partial charge in [-0.15, -0.1) is 0 Å². The molecule has 0 spiro atoms. The van der Waals surface area contributed by atoms with Crippen molar-refractivity contribution < 1.29 is 9.90 Å². The van der Waals surface area contributed by atoms with Crippen LogP contribution in [0.3, 0.4) is 0 Å². The van der Waals surface area contributed by atoms with Crippen LogP contribution in [0.25, 0.3) is 0 Å². The van der Waals surface area contributed by atoms with Gasteiger partial charge in [-0.1, -0.05) is 38.1 Å². The van der Waals surface area contributed by atoms with E-state index in [-0.39, 0.29) is 18.7 Å². The van der Waals surface area contributed by atoms with Crippen LogP contribution in [0.2, 0.25) is 0 Å². The molecule has 2 rings (SSSR count). The van der Waals surface area contributed by atoms with Gasteiger partial charge in [-0.25, -0.2) is 9.78 Å². The highest BCUT2D eigenvalue weighted by Crippen LogP contribution is 2.07. The number of hydrogen-bond acceptors (Lipinski definition) is 3. The van der Waals surface area contributed by atoms with Gasteiger partial charge in [0.1, 0.15) is 0 Å². The molecule has 1 heterocycles. The summed E-state index contributed by atoms with van der Waals surface area (Å²) in [6.45, 7) is 5.31.